The molecule has 3 nitrogen and oxygen atoms in total. The maximum Gasteiger partial charge on any atom is 0.233 e. The van der Waals surface area contributed by atoms with E-state index in [1.807, 2.05) is 12.1 Å². The molecular weight excluding hydrogens is 387 g/mol. The van der Waals surface area contributed by atoms with Crippen LogP contribution in [0.3, 0.4) is 0 Å². The van der Waals surface area contributed by atoms with Crippen LogP contribution in [-0.2, 0) is 6.42 Å². The summed E-state index contributed by atoms with van der Waals surface area (Å²) in [4.78, 5) is 0. The van der Waals surface area contributed by atoms with Crippen molar-refractivity contribution in [3.05, 3.63) is 41.7 Å². The smallest absolute Gasteiger partial charge is 0.233 e. The second-order valence-corrected chi connectivity index (χ2v) is 9.19. The lowest BCUT2D eigenvalue weighted by molar-refractivity contribution is 0.249. The Bertz CT molecular complexity index is 769. The van der Waals surface area contributed by atoms with Crippen LogP contribution in [0.15, 0.2) is 30.3 Å². The van der Waals surface area contributed by atoms with Gasteiger partial charge >= 0.3 is 0 Å². The number of rotatable bonds is 12. The average molecular weight is 427 g/mol. The molecule has 1 aromatic heterocycles. The Hall–Kier alpha value is -1.97. The summed E-state index contributed by atoms with van der Waals surface area (Å²) < 4.78 is 20.3. The van der Waals surface area contributed by atoms with E-state index in [1.165, 1.54) is 57.8 Å². The number of ether oxygens (including phenoxy) is 1. The van der Waals surface area contributed by atoms with Crippen LogP contribution in [0.5, 0.6) is 5.88 Å². The zero-order valence-electron chi connectivity index (χ0n) is 19.4. The first-order chi connectivity index (χ1) is 15.2. The van der Waals surface area contributed by atoms with Gasteiger partial charge in [-0.15, -0.1) is 10.2 Å². The first-order valence-electron chi connectivity index (χ1n) is 12.4. The number of nitrogens with zero attached hydrogens (tertiary/aromatic N) is 2. The van der Waals surface area contributed by atoms with Crippen molar-refractivity contribution >= 4 is 0 Å². The minimum absolute atomic E-state index is 0.217. The predicted molar refractivity (Wildman–Crippen MR) is 126 cm³/mol. The molecule has 4 heteroatoms. The van der Waals surface area contributed by atoms with Crippen molar-refractivity contribution in [1.82, 2.24) is 10.2 Å². The summed E-state index contributed by atoms with van der Waals surface area (Å²) >= 11 is 0. The Morgan fingerprint density at radius 1 is 0.871 bits per heavy atom. The summed E-state index contributed by atoms with van der Waals surface area (Å²) in [6, 6.07) is 9.12. The maximum atomic E-state index is 14.8. The fourth-order valence-corrected chi connectivity index (χ4v) is 4.65. The van der Waals surface area contributed by atoms with Gasteiger partial charge in [0.05, 0.1) is 12.3 Å². The molecule has 0 saturated heterocycles. The second kappa shape index (κ2) is 12.8. The van der Waals surface area contributed by atoms with Crippen LogP contribution in [0, 0.1) is 17.7 Å². The molecule has 0 amide bonds. The number of unbranched alkanes of at least 4 members (excludes halogenated alkanes) is 3. The Morgan fingerprint density at radius 3 is 2.26 bits per heavy atom. The largest absolute Gasteiger partial charge is 0.477 e. The number of hydrogen-bond donors (Lipinski definition) is 0. The molecule has 0 bridgehead atoms. The van der Waals surface area contributed by atoms with E-state index in [2.05, 4.69) is 24.0 Å². The van der Waals surface area contributed by atoms with Crippen molar-refractivity contribution in [3.63, 3.8) is 0 Å². The summed E-state index contributed by atoms with van der Waals surface area (Å²) in [7, 11) is 0. The maximum absolute atomic E-state index is 14.8. The first kappa shape index (κ1) is 23.7. The van der Waals surface area contributed by atoms with E-state index >= 15 is 0 Å². The standard InChI is InChI=1S/C27H39FN2O/c1-3-5-7-8-21-9-11-22(12-10-21)13-14-23-15-16-24(25(28)20-23)26-17-18-27(30-29-26)31-19-6-4-2/h15-18,20-22H,3-14,19H2,1-2H3/t21-,22-. The molecule has 0 spiro atoms. The number of benzene rings is 1. The van der Waals surface area contributed by atoms with Crippen LogP contribution >= 0.6 is 0 Å². The summed E-state index contributed by atoms with van der Waals surface area (Å²) in [6.45, 7) is 5.03. The molecule has 2 aromatic rings. The molecule has 0 atom stereocenters. The second-order valence-electron chi connectivity index (χ2n) is 9.19. The van der Waals surface area contributed by atoms with Crippen molar-refractivity contribution in [2.75, 3.05) is 6.61 Å². The van der Waals surface area contributed by atoms with E-state index in [9.17, 15) is 4.39 Å². The Morgan fingerprint density at radius 2 is 1.61 bits per heavy atom. The lowest BCUT2D eigenvalue weighted by atomic mass is 9.78. The van der Waals surface area contributed by atoms with Gasteiger partial charge < -0.3 is 4.74 Å². The summed E-state index contributed by atoms with van der Waals surface area (Å²) in [5, 5.41) is 8.23. The highest BCUT2D eigenvalue weighted by Gasteiger charge is 2.20. The minimum atomic E-state index is -0.217. The minimum Gasteiger partial charge on any atom is -0.477 e. The van der Waals surface area contributed by atoms with E-state index in [0.29, 0.717) is 23.7 Å². The van der Waals surface area contributed by atoms with E-state index in [4.69, 9.17) is 4.74 Å². The lowest BCUT2D eigenvalue weighted by Crippen LogP contribution is -2.15. The van der Waals surface area contributed by atoms with E-state index in [1.54, 1.807) is 18.2 Å². The van der Waals surface area contributed by atoms with E-state index < -0.39 is 0 Å². The molecule has 1 fully saturated rings. The highest BCUT2D eigenvalue weighted by atomic mass is 19.1. The van der Waals surface area contributed by atoms with Crippen LogP contribution < -0.4 is 4.74 Å². The molecule has 1 aromatic carbocycles. The number of halogens is 1. The van der Waals surface area contributed by atoms with E-state index in [0.717, 1.165) is 36.7 Å². The Balaban J connectivity index is 1.46. The third kappa shape index (κ3) is 7.59. The molecular formula is C27H39FN2O. The molecule has 1 aliphatic rings. The first-order valence-corrected chi connectivity index (χ1v) is 12.4. The van der Waals surface area contributed by atoms with Crippen molar-refractivity contribution in [2.45, 2.75) is 90.9 Å². The zero-order valence-corrected chi connectivity index (χ0v) is 19.4. The monoisotopic (exact) mass is 426 g/mol. The van der Waals surface area contributed by atoms with Gasteiger partial charge in [0.2, 0.25) is 5.88 Å². The highest BCUT2D eigenvalue weighted by Crippen LogP contribution is 2.34. The fourth-order valence-electron chi connectivity index (χ4n) is 4.65. The Kier molecular flexibility index (Phi) is 9.77. The highest BCUT2D eigenvalue weighted by molar-refractivity contribution is 5.60. The lowest BCUT2D eigenvalue weighted by Gasteiger charge is -2.28. The van der Waals surface area contributed by atoms with Gasteiger partial charge in [0.25, 0.3) is 0 Å². The van der Waals surface area contributed by atoms with Crippen molar-refractivity contribution < 1.29 is 9.13 Å². The van der Waals surface area contributed by atoms with Gasteiger partial charge in [-0.1, -0.05) is 77.7 Å². The zero-order chi connectivity index (χ0) is 21.9. The van der Waals surface area contributed by atoms with Gasteiger partial charge in [0, 0.05) is 11.6 Å². The van der Waals surface area contributed by atoms with Gasteiger partial charge in [-0.25, -0.2) is 4.39 Å². The fraction of sp³-hybridized carbons (Fsp3) is 0.630. The molecule has 1 aliphatic carbocycles. The SMILES string of the molecule is CCCCC[C@H]1CC[C@H](CCc2ccc(-c3ccc(OCCCC)nn3)c(F)c2)CC1. The number of aromatic nitrogens is 2. The average Bonchev–Trinajstić information content (AvgIpc) is 2.80. The van der Waals surface area contributed by atoms with E-state index in [-0.39, 0.29) is 5.82 Å². The quantitative estimate of drug-likeness (QED) is 0.325. The normalized spacial score (nSPS) is 18.8. The molecule has 170 valence electrons. The predicted octanol–water partition coefficient (Wildman–Crippen LogP) is 7.78. The van der Waals surface area contributed by atoms with Gasteiger partial charge in [-0.2, -0.15) is 0 Å². The van der Waals surface area contributed by atoms with Crippen molar-refractivity contribution in [2.24, 2.45) is 11.8 Å². The van der Waals surface area contributed by atoms with Crippen LogP contribution in [0.25, 0.3) is 11.3 Å². The van der Waals surface area contributed by atoms with Gasteiger partial charge in [0.1, 0.15) is 5.82 Å². The molecule has 0 radical (unpaired) electrons. The van der Waals surface area contributed by atoms with Gasteiger partial charge in [0.15, 0.2) is 0 Å². The number of hydrogen-bond acceptors (Lipinski definition) is 3. The topological polar surface area (TPSA) is 35.0 Å². The van der Waals surface area contributed by atoms with Crippen LogP contribution in [0.2, 0.25) is 0 Å². The van der Waals surface area contributed by atoms with Crippen molar-refractivity contribution in [1.29, 1.82) is 0 Å². The third-order valence-corrected chi connectivity index (χ3v) is 6.72. The summed E-state index contributed by atoms with van der Waals surface area (Å²) in [5.74, 6) is 2.03. The van der Waals surface area contributed by atoms with Crippen LogP contribution in [0.4, 0.5) is 4.39 Å². The number of aryl methyl sites for hydroxylation is 1. The molecule has 1 saturated carbocycles. The van der Waals surface area contributed by atoms with Gasteiger partial charge in [-0.05, 0) is 54.9 Å². The molecule has 0 aliphatic heterocycles. The molecule has 31 heavy (non-hydrogen) atoms. The summed E-state index contributed by atoms with van der Waals surface area (Å²) in [5.41, 5.74) is 2.14. The van der Waals surface area contributed by atoms with Crippen LogP contribution in [0.1, 0.15) is 90.0 Å². The third-order valence-electron chi connectivity index (χ3n) is 6.72. The molecule has 0 N–H and O–H groups in total. The van der Waals surface area contributed by atoms with Crippen LogP contribution in [-0.4, -0.2) is 16.8 Å². The van der Waals surface area contributed by atoms with Gasteiger partial charge in [-0.3, -0.25) is 0 Å². The summed E-state index contributed by atoms with van der Waals surface area (Å²) in [6.07, 6.45) is 15.2. The van der Waals surface area contributed by atoms with Crippen molar-refractivity contribution in [3.8, 4) is 17.1 Å². The molecule has 1 heterocycles. The molecule has 0 unspecified atom stereocenters. The molecule has 3 rings (SSSR count). The Labute approximate surface area is 187 Å².